The highest BCUT2D eigenvalue weighted by Crippen LogP contribution is 2.52. The van der Waals surface area contributed by atoms with E-state index in [-0.39, 0.29) is 11.7 Å². The van der Waals surface area contributed by atoms with Crippen LogP contribution in [0.4, 0.5) is 5.88 Å². The Hall–Kier alpha value is -3.45. The van der Waals surface area contributed by atoms with Crippen LogP contribution in [0.3, 0.4) is 0 Å². The fraction of sp³-hybridized carbons (Fsp3) is 0.308. The number of aromatic nitrogens is 1. The van der Waals surface area contributed by atoms with Gasteiger partial charge in [0.2, 0.25) is 5.88 Å². The summed E-state index contributed by atoms with van der Waals surface area (Å²) in [5, 5.41) is 8.22. The summed E-state index contributed by atoms with van der Waals surface area (Å²) in [5.74, 6) is 1.93. The van der Waals surface area contributed by atoms with Gasteiger partial charge in [-0.1, -0.05) is 28.9 Å². The van der Waals surface area contributed by atoms with Crippen molar-refractivity contribution < 1.29 is 23.5 Å². The van der Waals surface area contributed by atoms with E-state index in [1.54, 1.807) is 27.4 Å². The van der Waals surface area contributed by atoms with Crippen molar-refractivity contribution in [3.05, 3.63) is 75.1 Å². The number of allylic oxidation sites excluding steroid dienone is 2. The Bertz CT molecular complexity index is 1300. The highest BCUT2D eigenvalue weighted by molar-refractivity contribution is 6.30. The molecule has 0 bridgehead atoms. The van der Waals surface area contributed by atoms with Crippen LogP contribution in [0.25, 0.3) is 0 Å². The lowest BCUT2D eigenvalue weighted by atomic mass is 9.72. The SMILES string of the molecule is COc1cc(OC)c([C@@H]2C3=C(C[C@H](c4ccc(Cl)cc4)CC3=O)Nc3onc(C)c32)cc1OC. The fourth-order valence-electron chi connectivity index (χ4n) is 5.03. The number of carbonyl (C=O) groups excluding carboxylic acids is 1. The first-order chi connectivity index (χ1) is 16.4. The molecule has 1 aliphatic heterocycles. The molecule has 3 aromatic rings. The van der Waals surface area contributed by atoms with E-state index >= 15 is 0 Å². The second-order valence-corrected chi connectivity index (χ2v) is 8.93. The lowest BCUT2D eigenvalue weighted by Crippen LogP contribution is -2.29. The maximum atomic E-state index is 13.7. The number of ether oxygens (including phenoxy) is 3. The summed E-state index contributed by atoms with van der Waals surface area (Å²) in [6.07, 6.45) is 1.06. The van der Waals surface area contributed by atoms with Crippen molar-refractivity contribution in [3.63, 3.8) is 0 Å². The second kappa shape index (κ2) is 8.72. The molecule has 0 unspecified atom stereocenters. The molecule has 176 valence electrons. The maximum Gasteiger partial charge on any atom is 0.233 e. The summed E-state index contributed by atoms with van der Waals surface area (Å²) in [6, 6.07) is 11.3. The average molecular weight is 481 g/mol. The molecule has 1 N–H and O–H groups in total. The Labute approximate surface area is 202 Å². The Morgan fingerprint density at radius 3 is 2.35 bits per heavy atom. The molecule has 2 heterocycles. The largest absolute Gasteiger partial charge is 0.496 e. The van der Waals surface area contributed by atoms with Gasteiger partial charge in [0.05, 0.1) is 38.5 Å². The Morgan fingerprint density at radius 1 is 1.00 bits per heavy atom. The van der Waals surface area contributed by atoms with Crippen LogP contribution in [0.15, 0.2) is 52.2 Å². The van der Waals surface area contributed by atoms with Gasteiger partial charge in [-0.05, 0) is 43.0 Å². The minimum absolute atomic E-state index is 0.0366. The average Bonchev–Trinajstić information content (AvgIpc) is 3.22. The van der Waals surface area contributed by atoms with Gasteiger partial charge < -0.3 is 24.1 Å². The van der Waals surface area contributed by atoms with Crippen molar-refractivity contribution in [2.45, 2.75) is 31.6 Å². The molecule has 2 aliphatic rings. The van der Waals surface area contributed by atoms with Crippen LogP contribution in [0.1, 0.15) is 47.1 Å². The number of halogens is 1. The molecule has 0 saturated carbocycles. The zero-order valence-corrected chi connectivity index (χ0v) is 20.2. The smallest absolute Gasteiger partial charge is 0.233 e. The minimum atomic E-state index is -0.411. The first kappa shape index (κ1) is 22.3. The number of ketones is 1. The number of nitrogens with one attached hydrogen (secondary N) is 1. The van der Waals surface area contributed by atoms with E-state index in [2.05, 4.69) is 10.5 Å². The summed E-state index contributed by atoms with van der Waals surface area (Å²) >= 11 is 6.07. The van der Waals surface area contributed by atoms with Gasteiger partial charge in [0, 0.05) is 34.3 Å². The van der Waals surface area contributed by atoms with Gasteiger partial charge in [-0.3, -0.25) is 4.79 Å². The number of fused-ring (bicyclic) bond motifs is 1. The first-order valence-electron chi connectivity index (χ1n) is 11.0. The molecule has 7 nitrogen and oxygen atoms in total. The van der Waals surface area contributed by atoms with Crippen molar-refractivity contribution in [1.82, 2.24) is 5.16 Å². The van der Waals surface area contributed by atoms with E-state index < -0.39 is 5.92 Å². The molecule has 0 radical (unpaired) electrons. The molecular weight excluding hydrogens is 456 g/mol. The summed E-state index contributed by atoms with van der Waals surface area (Å²) in [5.41, 5.74) is 4.94. The van der Waals surface area contributed by atoms with Crippen LogP contribution in [-0.2, 0) is 4.79 Å². The second-order valence-electron chi connectivity index (χ2n) is 8.49. The molecule has 1 aliphatic carbocycles. The normalized spacial score (nSPS) is 19.3. The summed E-state index contributed by atoms with van der Waals surface area (Å²) in [7, 11) is 4.76. The lowest BCUT2D eigenvalue weighted by Gasteiger charge is -2.35. The van der Waals surface area contributed by atoms with Gasteiger partial charge in [-0.15, -0.1) is 0 Å². The van der Waals surface area contributed by atoms with Crippen LogP contribution < -0.4 is 19.5 Å². The molecule has 2 aromatic carbocycles. The minimum Gasteiger partial charge on any atom is -0.496 e. The molecule has 1 aromatic heterocycles. The Kier molecular flexibility index (Phi) is 5.73. The van der Waals surface area contributed by atoms with Gasteiger partial charge >= 0.3 is 0 Å². The standard InChI is InChI=1S/C26H25ClN2O5/c1-13-23-24(17-11-21(32-3)22(33-4)12-20(17)31-2)25-18(28-26(23)34-29-13)9-15(10-19(25)30)14-5-7-16(27)8-6-14/h5-8,11-12,15,24,28H,9-10H2,1-4H3/t15-,24-/m0/s1. The van der Waals surface area contributed by atoms with Crippen LogP contribution in [0, 0.1) is 6.92 Å². The van der Waals surface area contributed by atoms with Gasteiger partial charge in [-0.2, -0.15) is 0 Å². The highest BCUT2D eigenvalue weighted by atomic mass is 35.5. The van der Waals surface area contributed by atoms with Crippen LogP contribution in [-0.4, -0.2) is 32.3 Å². The van der Waals surface area contributed by atoms with Crippen LogP contribution in [0.2, 0.25) is 5.02 Å². The number of aryl methyl sites for hydroxylation is 1. The lowest BCUT2D eigenvalue weighted by molar-refractivity contribution is -0.116. The number of benzene rings is 2. The van der Waals surface area contributed by atoms with E-state index in [9.17, 15) is 4.79 Å². The molecular formula is C26H25ClN2O5. The molecule has 8 heteroatoms. The number of carbonyl (C=O) groups is 1. The van der Waals surface area contributed by atoms with Crippen molar-refractivity contribution in [2.75, 3.05) is 26.6 Å². The van der Waals surface area contributed by atoms with Crippen LogP contribution >= 0.6 is 11.6 Å². The number of nitrogens with zero attached hydrogens (tertiary/aromatic N) is 1. The topological polar surface area (TPSA) is 82.8 Å². The number of Topliss-reactive ketones (excluding diaryl/α,β-unsaturated/α-hetero) is 1. The highest BCUT2D eigenvalue weighted by Gasteiger charge is 2.42. The maximum absolute atomic E-state index is 13.7. The number of rotatable bonds is 5. The monoisotopic (exact) mass is 480 g/mol. The van der Waals surface area contributed by atoms with Crippen molar-refractivity contribution in [2.24, 2.45) is 0 Å². The molecule has 0 spiro atoms. The molecule has 5 rings (SSSR count). The third-order valence-corrected chi connectivity index (χ3v) is 6.90. The molecule has 34 heavy (non-hydrogen) atoms. The Balaban J connectivity index is 1.67. The summed E-state index contributed by atoms with van der Waals surface area (Å²) in [6.45, 7) is 1.87. The van der Waals surface area contributed by atoms with Crippen molar-refractivity contribution >= 4 is 23.3 Å². The number of methoxy groups -OCH3 is 3. The third kappa shape index (κ3) is 3.60. The van der Waals surface area contributed by atoms with Gasteiger partial charge in [0.1, 0.15) is 5.75 Å². The van der Waals surface area contributed by atoms with E-state index in [4.69, 9.17) is 30.3 Å². The van der Waals surface area contributed by atoms with E-state index in [1.165, 1.54) is 0 Å². The summed E-state index contributed by atoms with van der Waals surface area (Å²) in [4.78, 5) is 13.7. The predicted molar refractivity (Wildman–Crippen MR) is 128 cm³/mol. The van der Waals surface area contributed by atoms with Gasteiger partial charge in [-0.25, -0.2) is 0 Å². The number of hydrogen-bond acceptors (Lipinski definition) is 7. The van der Waals surface area contributed by atoms with Crippen LogP contribution in [0.5, 0.6) is 17.2 Å². The Morgan fingerprint density at radius 2 is 1.68 bits per heavy atom. The fourth-order valence-corrected chi connectivity index (χ4v) is 5.16. The molecule has 2 atom stereocenters. The third-order valence-electron chi connectivity index (χ3n) is 6.65. The van der Waals surface area contributed by atoms with Gasteiger partial charge in [0.25, 0.3) is 0 Å². The molecule has 0 amide bonds. The van der Waals surface area contributed by atoms with Gasteiger partial charge in [0.15, 0.2) is 17.3 Å². The van der Waals surface area contributed by atoms with Crippen molar-refractivity contribution in [3.8, 4) is 17.2 Å². The summed E-state index contributed by atoms with van der Waals surface area (Å²) < 4.78 is 22.4. The number of hydrogen-bond donors (Lipinski definition) is 1. The quantitative estimate of drug-likeness (QED) is 0.507. The van der Waals surface area contributed by atoms with E-state index in [1.807, 2.05) is 37.3 Å². The van der Waals surface area contributed by atoms with Crippen molar-refractivity contribution in [1.29, 1.82) is 0 Å². The van der Waals surface area contributed by atoms with E-state index in [0.717, 1.165) is 22.4 Å². The molecule has 0 fully saturated rings. The predicted octanol–water partition coefficient (Wildman–Crippen LogP) is 5.62. The van der Waals surface area contributed by atoms with E-state index in [0.29, 0.717) is 52.3 Å². The first-order valence-corrected chi connectivity index (χ1v) is 11.4. The molecule has 0 saturated heterocycles. The zero-order valence-electron chi connectivity index (χ0n) is 19.4. The number of anilines is 1. The zero-order chi connectivity index (χ0) is 24.0.